The Morgan fingerprint density at radius 2 is 2.19 bits per heavy atom. The number of alkyl halides is 2. The van der Waals surface area contributed by atoms with Crippen LogP contribution >= 0.6 is 0 Å². The van der Waals surface area contributed by atoms with E-state index >= 15 is 0 Å². The normalized spacial score (nSPS) is 23.1. The number of amides is 1. The fourth-order valence-electron chi connectivity index (χ4n) is 2.22. The average Bonchev–Trinajstić information content (AvgIpc) is 2.87. The summed E-state index contributed by atoms with van der Waals surface area (Å²) >= 11 is 0. The molecule has 116 valence electrons. The van der Waals surface area contributed by atoms with Crippen molar-refractivity contribution in [1.82, 2.24) is 5.32 Å². The van der Waals surface area contributed by atoms with E-state index in [1.807, 2.05) is 0 Å². The number of hydrogen-bond donors (Lipinski definition) is 2. The molecule has 2 unspecified atom stereocenters. The van der Waals surface area contributed by atoms with Gasteiger partial charge >= 0.3 is 6.61 Å². The van der Waals surface area contributed by atoms with Crippen molar-refractivity contribution in [2.45, 2.75) is 31.5 Å². The number of halogens is 2. The summed E-state index contributed by atoms with van der Waals surface area (Å²) in [7, 11) is 0. The minimum Gasteiger partial charge on any atom is -0.434 e. The number of para-hydroxylation sites is 1. The van der Waals surface area contributed by atoms with E-state index in [-0.39, 0.29) is 18.3 Å². The molecule has 0 bridgehead atoms. The summed E-state index contributed by atoms with van der Waals surface area (Å²) in [6.07, 6.45) is 0.431. The number of hydrogen-bond acceptors (Lipinski definition) is 4. The monoisotopic (exact) mass is 300 g/mol. The first-order valence-electron chi connectivity index (χ1n) is 6.64. The van der Waals surface area contributed by atoms with Crippen LogP contribution < -0.4 is 15.8 Å². The van der Waals surface area contributed by atoms with Crippen LogP contribution in [-0.2, 0) is 9.53 Å². The fraction of sp³-hybridized carbons (Fsp3) is 0.500. The zero-order valence-corrected chi connectivity index (χ0v) is 11.6. The number of ether oxygens (including phenoxy) is 2. The molecule has 21 heavy (non-hydrogen) atoms. The smallest absolute Gasteiger partial charge is 0.387 e. The lowest BCUT2D eigenvalue weighted by molar-refractivity contribution is -0.127. The minimum absolute atomic E-state index is 0.0362. The summed E-state index contributed by atoms with van der Waals surface area (Å²) in [6, 6.07) is 5.82. The molecule has 5 nitrogen and oxygen atoms in total. The molecule has 1 aliphatic heterocycles. The molecule has 1 aromatic carbocycles. The van der Waals surface area contributed by atoms with Gasteiger partial charge in [0.1, 0.15) is 11.3 Å². The summed E-state index contributed by atoms with van der Waals surface area (Å²) in [5.41, 5.74) is 5.36. The first-order chi connectivity index (χ1) is 9.92. The van der Waals surface area contributed by atoms with E-state index in [1.54, 1.807) is 25.1 Å². The van der Waals surface area contributed by atoms with Gasteiger partial charge in [0.25, 0.3) is 0 Å². The van der Waals surface area contributed by atoms with Gasteiger partial charge in [0.05, 0.1) is 12.6 Å². The Bertz CT molecular complexity index is 505. The Morgan fingerprint density at radius 1 is 1.48 bits per heavy atom. The SMILES string of the molecule is CC(NC(=O)C1(N)CCOC1)c1ccccc1OC(F)F. The van der Waals surface area contributed by atoms with Crippen molar-refractivity contribution in [2.24, 2.45) is 5.73 Å². The molecule has 0 aromatic heterocycles. The van der Waals surface area contributed by atoms with E-state index < -0.39 is 18.2 Å². The third-order valence-corrected chi connectivity index (χ3v) is 3.45. The Kier molecular flexibility index (Phi) is 4.74. The van der Waals surface area contributed by atoms with Crippen molar-refractivity contribution < 1.29 is 23.0 Å². The Labute approximate surface area is 121 Å². The molecule has 2 atom stereocenters. The number of nitrogens with two attached hydrogens (primary N) is 1. The second kappa shape index (κ2) is 6.36. The summed E-state index contributed by atoms with van der Waals surface area (Å²) in [4.78, 5) is 12.2. The fourth-order valence-corrected chi connectivity index (χ4v) is 2.22. The van der Waals surface area contributed by atoms with E-state index in [0.29, 0.717) is 18.6 Å². The second-order valence-corrected chi connectivity index (χ2v) is 5.07. The molecule has 1 aliphatic rings. The maximum atomic E-state index is 12.4. The van der Waals surface area contributed by atoms with Crippen LogP contribution in [0.1, 0.15) is 24.9 Å². The standard InChI is InChI=1S/C14H18F2N2O3/c1-9(18-12(19)14(17)6-7-20-8-14)10-4-2-3-5-11(10)21-13(15)16/h2-5,9,13H,6-8,17H2,1H3,(H,18,19). The molecule has 1 saturated heterocycles. The van der Waals surface area contributed by atoms with E-state index in [9.17, 15) is 13.6 Å². The van der Waals surface area contributed by atoms with E-state index in [4.69, 9.17) is 10.5 Å². The first-order valence-corrected chi connectivity index (χ1v) is 6.64. The van der Waals surface area contributed by atoms with E-state index in [2.05, 4.69) is 10.1 Å². The maximum absolute atomic E-state index is 12.4. The van der Waals surface area contributed by atoms with E-state index in [1.165, 1.54) is 6.07 Å². The molecule has 0 spiro atoms. The average molecular weight is 300 g/mol. The zero-order valence-electron chi connectivity index (χ0n) is 11.6. The van der Waals surface area contributed by atoms with Gasteiger partial charge in [0, 0.05) is 12.2 Å². The summed E-state index contributed by atoms with van der Waals surface area (Å²) in [5.74, 6) is -0.326. The van der Waals surface area contributed by atoms with Gasteiger partial charge < -0.3 is 20.5 Å². The number of carbonyl (C=O) groups excluding carboxylic acids is 1. The van der Waals surface area contributed by atoms with Gasteiger partial charge in [0.2, 0.25) is 5.91 Å². The molecule has 0 saturated carbocycles. The second-order valence-electron chi connectivity index (χ2n) is 5.07. The molecular formula is C14H18F2N2O3. The van der Waals surface area contributed by atoms with Gasteiger partial charge in [-0.2, -0.15) is 8.78 Å². The largest absolute Gasteiger partial charge is 0.434 e. The van der Waals surface area contributed by atoms with Crippen LogP contribution in [0.4, 0.5) is 8.78 Å². The van der Waals surface area contributed by atoms with Crippen LogP contribution in [0, 0.1) is 0 Å². The Balaban J connectivity index is 2.09. The zero-order chi connectivity index (χ0) is 15.5. The van der Waals surface area contributed by atoms with Crippen LogP contribution in [0.15, 0.2) is 24.3 Å². The maximum Gasteiger partial charge on any atom is 0.387 e. The van der Waals surface area contributed by atoms with Crippen LogP contribution in [0.25, 0.3) is 0 Å². The third-order valence-electron chi connectivity index (χ3n) is 3.45. The van der Waals surface area contributed by atoms with Crippen LogP contribution in [0.2, 0.25) is 0 Å². The molecule has 2 rings (SSSR count). The van der Waals surface area contributed by atoms with Gasteiger partial charge in [-0.05, 0) is 19.4 Å². The molecule has 0 radical (unpaired) electrons. The third kappa shape index (κ3) is 3.68. The number of rotatable bonds is 5. The van der Waals surface area contributed by atoms with Gasteiger partial charge in [-0.1, -0.05) is 18.2 Å². The van der Waals surface area contributed by atoms with Crippen molar-refractivity contribution in [2.75, 3.05) is 13.2 Å². The summed E-state index contributed by atoms with van der Waals surface area (Å²) in [6.45, 7) is -0.646. The van der Waals surface area contributed by atoms with Crippen molar-refractivity contribution in [3.05, 3.63) is 29.8 Å². The molecule has 1 fully saturated rings. The quantitative estimate of drug-likeness (QED) is 0.866. The summed E-state index contributed by atoms with van der Waals surface area (Å²) < 4.78 is 34.4. The molecule has 0 aliphatic carbocycles. The predicted octanol–water partition coefficient (Wildman–Crippen LogP) is 1.58. The topological polar surface area (TPSA) is 73.6 Å². The number of carbonyl (C=O) groups is 1. The Morgan fingerprint density at radius 3 is 2.81 bits per heavy atom. The van der Waals surface area contributed by atoms with Crippen LogP contribution in [-0.4, -0.2) is 31.3 Å². The minimum atomic E-state index is -2.92. The Hall–Kier alpha value is -1.73. The van der Waals surface area contributed by atoms with Crippen LogP contribution in [0.3, 0.4) is 0 Å². The highest BCUT2D eigenvalue weighted by Gasteiger charge is 2.38. The molecule has 3 N–H and O–H groups in total. The first kappa shape index (κ1) is 15.7. The highest BCUT2D eigenvalue weighted by atomic mass is 19.3. The van der Waals surface area contributed by atoms with Crippen molar-refractivity contribution in [3.63, 3.8) is 0 Å². The number of nitrogens with one attached hydrogen (secondary N) is 1. The van der Waals surface area contributed by atoms with Gasteiger partial charge in [-0.25, -0.2) is 0 Å². The van der Waals surface area contributed by atoms with Crippen molar-refractivity contribution >= 4 is 5.91 Å². The molecule has 7 heteroatoms. The lowest BCUT2D eigenvalue weighted by Crippen LogP contribution is -2.54. The number of benzene rings is 1. The van der Waals surface area contributed by atoms with E-state index in [0.717, 1.165) is 0 Å². The lowest BCUT2D eigenvalue weighted by atomic mass is 9.98. The van der Waals surface area contributed by atoms with Crippen molar-refractivity contribution in [1.29, 1.82) is 0 Å². The van der Waals surface area contributed by atoms with Crippen LogP contribution in [0.5, 0.6) is 5.75 Å². The molecule has 1 amide bonds. The van der Waals surface area contributed by atoms with Crippen molar-refractivity contribution in [3.8, 4) is 5.75 Å². The predicted molar refractivity (Wildman–Crippen MR) is 72.0 cm³/mol. The molecule has 1 aromatic rings. The van der Waals surface area contributed by atoms with Gasteiger partial charge in [0.15, 0.2) is 0 Å². The van der Waals surface area contributed by atoms with Gasteiger partial charge in [-0.15, -0.1) is 0 Å². The molecule has 1 heterocycles. The summed E-state index contributed by atoms with van der Waals surface area (Å²) in [5, 5.41) is 2.72. The highest BCUT2D eigenvalue weighted by Crippen LogP contribution is 2.27. The lowest BCUT2D eigenvalue weighted by Gasteiger charge is -2.25. The molecular weight excluding hydrogens is 282 g/mol. The highest BCUT2D eigenvalue weighted by molar-refractivity contribution is 5.87. The van der Waals surface area contributed by atoms with Gasteiger partial charge in [-0.3, -0.25) is 4.79 Å².